The van der Waals surface area contributed by atoms with Crippen molar-refractivity contribution < 1.29 is 9.53 Å². The Bertz CT molecular complexity index is 1060. The van der Waals surface area contributed by atoms with E-state index in [4.69, 9.17) is 4.74 Å². The summed E-state index contributed by atoms with van der Waals surface area (Å²) in [4.78, 5) is 32.1. The average molecular weight is 392 g/mol. The van der Waals surface area contributed by atoms with Gasteiger partial charge in [0, 0.05) is 44.0 Å². The van der Waals surface area contributed by atoms with Gasteiger partial charge >= 0.3 is 0 Å². The van der Waals surface area contributed by atoms with Gasteiger partial charge in [-0.25, -0.2) is 4.68 Å². The van der Waals surface area contributed by atoms with Crippen LogP contribution in [-0.4, -0.2) is 44.8 Å². The number of nitrogens with zero attached hydrogens (tertiary/aromatic N) is 4. The van der Waals surface area contributed by atoms with E-state index in [1.807, 2.05) is 25.1 Å². The molecule has 4 rings (SSSR count). The standard InChI is InChI=1S/C22H24N4O3/c1-2-26-21(27)19-10-4-3-9-18(19)20(24-26)22(28)25(15-17-8-6-12-29-17)14-16-7-5-11-23-13-16/h3-5,7,9-11,13,17H,2,6,8,12,14-15H2,1H3/t17-/m0/s1. The van der Waals surface area contributed by atoms with Crippen LogP contribution in [0.5, 0.6) is 0 Å². The maximum absolute atomic E-state index is 13.6. The van der Waals surface area contributed by atoms with Gasteiger partial charge in [-0.2, -0.15) is 5.10 Å². The van der Waals surface area contributed by atoms with Crippen LogP contribution in [0.4, 0.5) is 0 Å². The number of aryl methyl sites for hydroxylation is 1. The molecule has 0 aliphatic carbocycles. The first-order valence-electron chi connectivity index (χ1n) is 9.97. The Morgan fingerprint density at radius 2 is 2.07 bits per heavy atom. The fourth-order valence-electron chi connectivity index (χ4n) is 3.72. The number of benzene rings is 1. The van der Waals surface area contributed by atoms with E-state index < -0.39 is 0 Å². The van der Waals surface area contributed by atoms with Crippen molar-refractivity contribution in [3.63, 3.8) is 0 Å². The molecule has 1 saturated heterocycles. The summed E-state index contributed by atoms with van der Waals surface area (Å²) in [6, 6.07) is 11.0. The molecule has 1 aliphatic heterocycles. The van der Waals surface area contributed by atoms with Crippen LogP contribution in [-0.2, 0) is 17.8 Å². The van der Waals surface area contributed by atoms with E-state index in [0.717, 1.165) is 25.0 Å². The van der Waals surface area contributed by atoms with Crippen LogP contribution in [0.25, 0.3) is 10.8 Å². The summed E-state index contributed by atoms with van der Waals surface area (Å²) in [5.41, 5.74) is 1.05. The maximum Gasteiger partial charge on any atom is 0.275 e. The van der Waals surface area contributed by atoms with E-state index in [1.54, 1.807) is 35.5 Å². The van der Waals surface area contributed by atoms with Crippen molar-refractivity contribution in [3.05, 3.63) is 70.4 Å². The Balaban J connectivity index is 1.75. The largest absolute Gasteiger partial charge is 0.376 e. The first-order chi connectivity index (χ1) is 14.2. The van der Waals surface area contributed by atoms with Crippen molar-refractivity contribution in [1.82, 2.24) is 19.7 Å². The number of aromatic nitrogens is 3. The predicted molar refractivity (Wildman–Crippen MR) is 110 cm³/mol. The second-order valence-electron chi connectivity index (χ2n) is 7.20. The molecule has 29 heavy (non-hydrogen) atoms. The summed E-state index contributed by atoms with van der Waals surface area (Å²) in [6.45, 7) is 3.86. The zero-order valence-corrected chi connectivity index (χ0v) is 16.5. The zero-order chi connectivity index (χ0) is 20.2. The lowest BCUT2D eigenvalue weighted by Gasteiger charge is -2.26. The van der Waals surface area contributed by atoms with Crippen molar-refractivity contribution in [1.29, 1.82) is 0 Å². The molecule has 0 bridgehead atoms. The minimum Gasteiger partial charge on any atom is -0.376 e. The fraction of sp³-hybridized carbons (Fsp3) is 0.364. The van der Waals surface area contributed by atoms with Gasteiger partial charge in [0.1, 0.15) is 0 Å². The SMILES string of the molecule is CCn1nc(C(=O)N(Cc2cccnc2)C[C@@H]2CCCO2)c2ccccc2c1=O. The molecule has 0 saturated carbocycles. The highest BCUT2D eigenvalue weighted by Crippen LogP contribution is 2.20. The zero-order valence-electron chi connectivity index (χ0n) is 16.5. The quantitative estimate of drug-likeness (QED) is 0.644. The van der Waals surface area contributed by atoms with Gasteiger partial charge in [0.2, 0.25) is 0 Å². The highest BCUT2D eigenvalue weighted by Gasteiger charge is 2.26. The molecule has 1 fully saturated rings. The first-order valence-corrected chi connectivity index (χ1v) is 9.97. The van der Waals surface area contributed by atoms with Crippen LogP contribution in [0.15, 0.2) is 53.6 Å². The molecule has 7 heteroatoms. The fourth-order valence-corrected chi connectivity index (χ4v) is 3.72. The van der Waals surface area contributed by atoms with Gasteiger partial charge in [-0.05, 0) is 37.5 Å². The first kappa shape index (κ1) is 19.3. The topological polar surface area (TPSA) is 77.3 Å². The van der Waals surface area contributed by atoms with E-state index in [-0.39, 0.29) is 17.6 Å². The molecule has 7 nitrogen and oxygen atoms in total. The van der Waals surface area contributed by atoms with Crippen molar-refractivity contribution in [3.8, 4) is 0 Å². The number of ether oxygens (including phenoxy) is 1. The summed E-state index contributed by atoms with van der Waals surface area (Å²) in [7, 11) is 0. The molecule has 0 N–H and O–H groups in total. The Morgan fingerprint density at radius 1 is 1.24 bits per heavy atom. The maximum atomic E-state index is 13.6. The summed E-state index contributed by atoms with van der Waals surface area (Å²) in [6.07, 6.45) is 5.41. The molecule has 1 aliphatic rings. The average Bonchev–Trinajstić information content (AvgIpc) is 3.27. The van der Waals surface area contributed by atoms with Gasteiger partial charge in [0.15, 0.2) is 5.69 Å². The van der Waals surface area contributed by atoms with Crippen LogP contribution in [0, 0.1) is 0 Å². The third-order valence-corrected chi connectivity index (χ3v) is 5.20. The highest BCUT2D eigenvalue weighted by atomic mass is 16.5. The van der Waals surface area contributed by atoms with Gasteiger partial charge in [-0.1, -0.05) is 24.3 Å². The minimum atomic E-state index is -0.206. The molecular formula is C22H24N4O3. The Morgan fingerprint density at radius 3 is 2.76 bits per heavy atom. The van der Waals surface area contributed by atoms with E-state index >= 15 is 0 Å². The molecule has 150 valence electrons. The Kier molecular flexibility index (Phi) is 5.67. The van der Waals surface area contributed by atoms with Crippen LogP contribution in [0.1, 0.15) is 35.8 Å². The molecule has 0 radical (unpaired) electrons. The van der Waals surface area contributed by atoms with Crippen molar-refractivity contribution in [2.45, 2.75) is 39.0 Å². The monoisotopic (exact) mass is 392 g/mol. The third kappa shape index (κ3) is 4.05. The number of fused-ring (bicyclic) bond motifs is 1. The predicted octanol–water partition coefficient (Wildman–Crippen LogP) is 2.63. The Labute approximate surface area is 168 Å². The van der Waals surface area contributed by atoms with Gasteiger partial charge in [0.05, 0.1) is 11.5 Å². The number of hydrogen-bond donors (Lipinski definition) is 0. The normalized spacial score (nSPS) is 16.2. The molecule has 1 atom stereocenters. The molecular weight excluding hydrogens is 368 g/mol. The van der Waals surface area contributed by atoms with Crippen LogP contribution in [0.3, 0.4) is 0 Å². The number of carbonyl (C=O) groups is 1. The smallest absolute Gasteiger partial charge is 0.275 e. The van der Waals surface area contributed by atoms with E-state index in [9.17, 15) is 9.59 Å². The molecule has 1 aromatic carbocycles. The van der Waals surface area contributed by atoms with E-state index in [0.29, 0.717) is 36.1 Å². The molecule has 0 unspecified atom stereocenters. The molecule has 3 aromatic rings. The van der Waals surface area contributed by atoms with Crippen LogP contribution in [0.2, 0.25) is 0 Å². The number of hydrogen-bond acceptors (Lipinski definition) is 5. The number of carbonyl (C=O) groups excluding carboxylic acids is 1. The summed E-state index contributed by atoms with van der Waals surface area (Å²) in [5.74, 6) is -0.206. The van der Waals surface area contributed by atoms with Gasteiger partial charge in [0.25, 0.3) is 11.5 Å². The lowest BCUT2D eigenvalue weighted by atomic mass is 10.1. The molecule has 2 aromatic heterocycles. The highest BCUT2D eigenvalue weighted by molar-refractivity contribution is 6.04. The van der Waals surface area contributed by atoms with E-state index in [1.165, 1.54) is 4.68 Å². The molecule has 1 amide bonds. The summed E-state index contributed by atoms with van der Waals surface area (Å²) >= 11 is 0. The number of pyridine rings is 1. The van der Waals surface area contributed by atoms with E-state index in [2.05, 4.69) is 10.1 Å². The van der Waals surface area contributed by atoms with Crippen molar-refractivity contribution in [2.24, 2.45) is 0 Å². The summed E-state index contributed by atoms with van der Waals surface area (Å²) in [5, 5.41) is 5.50. The van der Waals surface area contributed by atoms with Crippen molar-refractivity contribution in [2.75, 3.05) is 13.2 Å². The number of rotatable bonds is 6. The van der Waals surface area contributed by atoms with Gasteiger partial charge < -0.3 is 9.64 Å². The van der Waals surface area contributed by atoms with Crippen LogP contribution >= 0.6 is 0 Å². The number of amides is 1. The van der Waals surface area contributed by atoms with Gasteiger partial charge in [-0.3, -0.25) is 14.6 Å². The Hall–Kier alpha value is -3.06. The lowest BCUT2D eigenvalue weighted by molar-refractivity contribution is 0.0502. The van der Waals surface area contributed by atoms with Crippen LogP contribution < -0.4 is 5.56 Å². The third-order valence-electron chi connectivity index (χ3n) is 5.20. The second kappa shape index (κ2) is 8.53. The molecule has 0 spiro atoms. The van der Waals surface area contributed by atoms with Gasteiger partial charge in [-0.15, -0.1) is 0 Å². The molecule has 3 heterocycles. The summed E-state index contributed by atoms with van der Waals surface area (Å²) < 4.78 is 7.12. The minimum absolute atomic E-state index is 0.0129. The lowest BCUT2D eigenvalue weighted by Crippen LogP contribution is -2.38. The second-order valence-corrected chi connectivity index (χ2v) is 7.20. The van der Waals surface area contributed by atoms with Crippen molar-refractivity contribution >= 4 is 16.7 Å².